The van der Waals surface area contributed by atoms with Gasteiger partial charge in [-0.05, 0) is 19.8 Å². The summed E-state index contributed by atoms with van der Waals surface area (Å²) in [4.78, 5) is 23.3. The van der Waals surface area contributed by atoms with Gasteiger partial charge in [-0.15, -0.1) is 0 Å². The number of piperazine rings is 1. The van der Waals surface area contributed by atoms with E-state index in [9.17, 15) is 4.79 Å². The van der Waals surface area contributed by atoms with E-state index in [4.69, 9.17) is 4.99 Å². The summed E-state index contributed by atoms with van der Waals surface area (Å²) < 4.78 is 0.468. The number of carbonyl (C=O) groups excluding carboxylic acids is 1. The molecule has 2 saturated heterocycles. The lowest BCUT2D eigenvalue weighted by molar-refractivity contribution is -0.130. The van der Waals surface area contributed by atoms with Crippen LogP contribution in [0.15, 0.2) is 4.99 Å². The number of thioether (sulfide) groups is 1. The Morgan fingerprint density at radius 1 is 1.07 bits per heavy atom. The van der Waals surface area contributed by atoms with Crippen molar-refractivity contribution in [3.05, 3.63) is 0 Å². The number of carbonyl (C=O) groups is 1. The molecule has 0 aromatic heterocycles. The summed E-state index contributed by atoms with van der Waals surface area (Å²) >= 11 is 2.21. The van der Waals surface area contributed by atoms with Crippen LogP contribution in [-0.4, -0.2) is 96.0 Å². The average molecular weight is 396 g/mol. The van der Waals surface area contributed by atoms with Gasteiger partial charge in [0, 0.05) is 69.8 Å². The third-order valence-corrected chi connectivity index (χ3v) is 7.68. The van der Waals surface area contributed by atoms with Gasteiger partial charge in [0.25, 0.3) is 0 Å². The van der Waals surface area contributed by atoms with Gasteiger partial charge in [0.2, 0.25) is 5.91 Å². The molecule has 0 bridgehead atoms. The van der Waals surface area contributed by atoms with Crippen molar-refractivity contribution < 1.29 is 4.79 Å². The molecule has 0 unspecified atom stereocenters. The molecule has 154 valence electrons. The zero-order valence-electron chi connectivity index (χ0n) is 17.2. The summed E-state index contributed by atoms with van der Waals surface area (Å²) in [7, 11) is 0. The molecule has 7 heteroatoms. The van der Waals surface area contributed by atoms with Crippen LogP contribution >= 0.6 is 11.8 Å². The first-order chi connectivity index (χ1) is 13.1. The van der Waals surface area contributed by atoms with Gasteiger partial charge >= 0.3 is 0 Å². The number of hydrogen-bond donors (Lipinski definition) is 1. The minimum absolute atomic E-state index is 0.196. The Balaban J connectivity index is 1.51. The molecule has 1 saturated carbocycles. The number of aliphatic imine (C=N–C) groups is 1. The number of nitrogens with zero attached hydrogens (tertiary/aromatic N) is 4. The van der Waals surface area contributed by atoms with Crippen molar-refractivity contribution in [1.82, 2.24) is 20.0 Å². The molecule has 3 fully saturated rings. The van der Waals surface area contributed by atoms with Gasteiger partial charge in [-0.3, -0.25) is 14.7 Å². The van der Waals surface area contributed by atoms with Crippen molar-refractivity contribution in [3.8, 4) is 0 Å². The van der Waals surface area contributed by atoms with Crippen molar-refractivity contribution in [1.29, 1.82) is 0 Å². The highest BCUT2D eigenvalue weighted by Crippen LogP contribution is 2.42. The van der Waals surface area contributed by atoms with Crippen LogP contribution in [0.1, 0.15) is 46.0 Å². The maximum absolute atomic E-state index is 11.5. The molecule has 1 aliphatic carbocycles. The molecule has 6 nitrogen and oxygen atoms in total. The first kappa shape index (κ1) is 20.8. The number of nitrogens with one attached hydrogen (secondary N) is 1. The Morgan fingerprint density at radius 3 is 2.48 bits per heavy atom. The van der Waals surface area contributed by atoms with Crippen molar-refractivity contribution in [3.63, 3.8) is 0 Å². The van der Waals surface area contributed by atoms with Crippen molar-refractivity contribution in [2.24, 2.45) is 4.99 Å². The van der Waals surface area contributed by atoms with E-state index in [1.807, 2.05) is 4.90 Å². The van der Waals surface area contributed by atoms with E-state index in [1.54, 1.807) is 6.92 Å². The fraction of sp³-hybridized carbons (Fsp3) is 0.900. The van der Waals surface area contributed by atoms with Gasteiger partial charge in [-0.25, -0.2) is 0 Å². The Kier molecular flexibility index (Phi) is 7.70. The second-order valence-corrected chi connectivity index (χ2v) is 9.66. The van der Waals surface area contributed by atoms with E-state index >= 15 is 0 Å². The highest BCUT2D eigenvalue weighted by Gasteiger charge is 2.38. The van der Waals surface area contributed by atoms with Gasteiger partial charge in [0.15, 0.2) is 5.96 Å². The lowest BCUT2D eigenvalue weighted by Gasteiger charge is -2.45. The molecule has 3 rings (SSSR count). The van der Waals surface area contributed by atoms with Crippen LogP contribution in [0.4, 0.5) is 0 Å². The van der Waals surface area contributed by atoms with Gasteiger partial charge in [0.05, 0.1) is 6.54 Å². The molecule has 1 amide bonds. The molecule has 2 heterocycles. The molecular formula is C20H37N5OS. The molecule has 1 spiro atoms. The van der Waals surface area contributed by atoms with Gasteiger partial charge < -0.3 is 15.1 Å². The fourth-order valence-corrected chi connectivity index (χ4v) is 6.10. The topological polar surface area (TPSA) is 51.2 Å². The van der Waals surface area contributed by atoms with Crippen LogP contribution in [-0.2, 0) is 4.79 Å². The summed E-state index contributed by atoms with van der Waals surface area (Å²) in [5.41, 5.74) is 0. The number of guanidine groups is 1. The third kappa shape index (κ3) is 5.76. The summed E-state index contributed by atoms with van der Waals surface area (Å²) in [5.74, 6) is 2.52. The van der Waals surface area contributed by atoms with Crippen molar-refractivity contribution >= 4 is 23.6 Å². The fourth-order valence-electron chi connectivity index (χ4n) is 4.53. The van der Waals surface area contributed by atoms with Crippen LogP contribution < -0.4 is 5.32 Å². The third-order valence-electron chi connectivity index (χ3n) is 6.14. The molecule has 0 radical (unpaired) electrons. The normalized spacial score (nSPS) is 24.3. The molecule has 0 aromatic carbocycles. The number of amides is 1. The Morgan fingerprint density at radius 2 is 1.81 bits per heavy atom. The zero-order valence-corrected chi connectivity index (χ0v) is 18.0. The van der Waals surface area contributed by atoms with Crippen LogP contribution in [0, 0.1) is 0 Å². The first-order valence-corrected chi connectivity index (χ1v) is 11.8. The smallest absolute Gasteiger partial charge is 0.219 e. The van der Waals surface area contributed by atoms with Crippen LogP contribution in [0.25, 0.3) is 0 Å². The van der Waals surface area contributed by atoms with Gasteiger partial charge in [0.1, 0.15) is 0 Å². The highest BCUT2D eigenvalue weighted by molar-refractivity contribution is 8.00. The monoisotopic (exact) mass is 395 g/mol. The standard InChI is InChI=1S/C20H37N5OS/c1-3-21-19(22-9-10-23-11-13-24(14-12-23)18(2)26)25-15-16-27-20(17-25)7-5-4-6-8-20/h3-17H2,1-2H3,(H,21,22). The molecule has 3 aliphatic rings. The summed E-state index contributed by atoms with van der Waals surface area (Å²) in [5, 5.41) is 3.53. The largest absolute Gasteiger partial charge is 0.357 e. The Bertz CT molecular complexity index is 507. The molecule has 27 heavy (non-hydrogen) atoms. The maximum Gasteiger partial charge on any atom is 0.219 e. The van der Waals surface area contributed by atoms with Crippen LogP contribution in [0.3, 0.4) is 0 Å². The minimum Gasteiger partial charge on any atom is -0.357 e. The molecule has 1 N–H and O–H groups in total. The van der Waals surface area contributed by atoms with E-state index in [2.05, 4.69) is 33.8 Å². The van der Waals surface area contributed by atoms with Crippen molar-refractivity contribution in [2.75, 3.05) is 64.7 Å². The van der Waals surface area contributed by atoms with E-state index in [-0.39, 0.29) is 5.91 Å². The minimum atomic E-state index is 0.196. The quantitative estimate of drug-likeness (QED) is 0.582. The van der Waals surface area contributed by atoms with Gasteiger partial charge in [-0.1, -0.05) is 19.3 Å². The predicted octanol–water partition coefficient (Wildman–Crippen LogP) is 1.87. The summed E-state index contributed by atoms with van der Waals surface area (Å²) in [6, 6.07) is 0. The Hall–Kier alpha value is -0.950. The number of rotatable bonds is 4. The molecular weight excluding hydrogens is 358 g/mol. The average Bonchev–Trinajstić information content (AvgIpc) is 2.68. The second-order valence-electron chi connectivity index (χ2n) is 8.10. The van der Waals surface area contributed by atoms with Gasteiger partial charge in [-0.2, -0.15) is 11.8 Å². The van der Waals surface area contributed by atoms with Crippen molar-refractivity contribution in [2.45, 2.75) is 50.7 Å². The summed E-state index contributed by atoms with van der Waals surface area (Å²) in [6.07, 6.45) is 6.93. The molecule has 0 aromatic rings. The van der Waals surface area contributed by atoms with Crippen LogP contribution in [0.2, 0.25) is 0 Å². The lowest BCUT2D eigenvalue weighted by atomic mass is 9.87. The first-order valence-electron chi connectivity index (χ1n) is 10.8. The molecule has 2 aliphatic heterocycles. The zero-order chi connectivity index (χ0) is 19.1. The Labute approximate surface area is 169 Å². The van der Waals surface area contributed by atoms with E-state index in [0.717, 1.165) is 64.9 Å². The van der Waals surface area contributed by atoms with Crippen LogP contribution in [0.5, 0.6) is 0 Å². The maximum atomic E-state index is 11.5. The van der Waals surface area contributed by atoms with E-state index in [0.29, 0.717) is 4.75 Å². The van der Waals surface area contributed by atoms with E-state index < -0.39 is 0 Å². The van der Waals surface area contributed by atoms with E-state index in [1.165, 1.54) is 37.9 Å². The SMILES string of the molecule is CCNC(=NCCN1CCN(C(C)=O)CC1)N1CCSC2(CCCCC2)C1. The predicted molar refractivity (Wildman–Crippen MR) is 115 cm³/mol. The second kappa shape index (κ2) is 10.0. The molecule has 0 atom stereocenters. The highest BCUT2D eigenvalue weighted by atomic mass is 32.2. The summed E-state index contributed by atoms with van der Waals surface area (Å²) in [6.45, 7) is 12.5. The number of hydrogen-bond acceptors (Lipinski definition) is 4. The lowest BCUT2D eigenvalue weighted by Crippen LogP contribution is -2.53.